The number of carbonyl (C=O) groups excluding carboxylic acids is 1. The summed E-state index contributed by atoms with van der Waals surface area (Å²) in [5.41, 5.74) is 3.38. The smallest absolute Gasteiger partial charge is 0.239 e. The van der Waals surface area contributed by atoms with Crippen molar-refractivity contribution >= 4 is 34.7 Å². The quantitative estimate of drug-likeness (QED) is 0.300. The molecule has 0 aliphatic rings. The van der Waals surface area contributed by atoms with Crippen LogP contribution in [0.2, 0.25) is 5.02 Å². The Hall–Kier alpha value is -3.43. The minimum atomic E-state index is -0.0336. The largest absolute Gasteiger partial charge is 0.486 e. The van der Waals surface area contributed by atoms with Crippen LogP contribution in [0.1, 0.15) is 44.9 Å². The van der Waals surface area contributed by atoms with Crippen LogP contribution >= 0.6 is 11.6 Å². The number of rotatable bonds is 14. The van der Waals surface area contributed by atoms with E-state index in [4.69, 9.17) is 16.3 Å². The van der Waals surface area contributed by atoms with Crippen LogP contribution in [-0.4, -0.2) is 65.8 Å². The normalized spacial score (nSPS) is 11.1. The third kappa shape index (κ3) is 8.29. The zero-order valence-electron chi connectivity index (χ0n) is 22.9. The molecule has 0 fully saturated rings. The molecular weight excluding hydrogens is 502 g/mol. The summed E-state index contributed by atoms with van der Waals surface area (Å²) in [4.78, 5) is 21.0. The summed E-state index contributed by atoms with van der Waals surface area (Å²) in [6, 6.07) is 11.2. The fourth-order valence-corrected chi connectivity index (χ4v) is 4.30. The lowest BCUT2D eigenvalue weighted by atomic mass is 10.0. The summed E-state index contributed by atoms with van der Waals surface area (Å²) >= 11 is 6.51. The Morgan fingerprint density at radius 3 is 2.61 bits per heavy atom. The number of hydrogen-bond acceptors (Lipinski definition) is 8. The first-order valence-electron chi connectivity index (χ1n) is 13.0. The van der Waals surface area contributed by atoms with E-state index in [2.05, 4.69) is 58.4 Å². The molecule has 204 valence electrons. The summed E-state index contributed by atoms with van der Waals surface area (Å²) in [5, 5.41) is 15.4. The van der Waals surface area contributed by atoms with Crippen molar-refractivity contribution in [1.82, 2.24) is 25.4 Å². The molecule has 38 heavy (non-hydrogen) atoms. The number of nitrogens with zero attached hydrogens (tertiary/aromatic N) is 5. The average molecular weight is 540 g/mol. The lowest BCUT2D eigenvalue weighted by molar-refractivity contribution is -0.119. The molecule has 0 aliphatic heterocycles. The molecule has 0 atom stereocenters. The fourth-order valence-electron chi connectivity index (χ4n) is 4.07. The van der Waals surface area contributed by atoms with Crippen LogP contribution < -0.4 is 20.3 Å². The first-order chi connectivity index (χ1) is 18.3. The van der Waals surface area contributed by atoms with E-state index in [1.54, 1.807) is 18.5 Å². The minimum absolute atomic E-state index is 0.0336. The molecule has 0 saturated carbocycles. The summed E-state index contributed by atoms with van der Waals surface area (Å²) < 4.78 is 5.83. The molecule has 2 N–H and O–H groups in total. The number of hydrogen-bond donors (Lipinski definition) is 2. The third-order valence-corrected chi connectivity index (χ3v) is 6.47. The monoisotopic (exact) mass is 539 g/mol. The summed E-state index contributed by atoms with van der Waals surface area (Å²) in [6.07, 6.45) is 3.43. The molecule has 2 heterocycles. The molecule has 0 aliphatic carbocycles. The highest BCUT2D eigenvalue weighted by Gasteiger charge is 2.19. The number of amides is 1. The summed E-state index contributed by atoms with van der Waals surface area (Å²) in [7, 11) is 1.89. The van der Waals surface area contributed by atoms with Gasteiger partial charge in [0, 0.05) is 37.6 Å². The SMILES string of the molecule is CCN(CC)CCNC(=O)CN(C)c1cnnc(Nc2ccc(OCc3ccccn3)c(Cl)c2)c1C(C)C. The Morgan fingerprint density at radius 1 is 1.16 bits per heavy atom. The van der Waals surface area contributed by atoms with E-state index in [1.165, 1.54) is 0 Å². The van der Waals surface area contributed by atoms with Gasteiger partial charge in [-0.05, 0) is 49.3 Å². The topological polar surface area (TPSA) is 95.5 Å². The first kappa shape index (κ1) is 29.1. The number of nitrogens with one attached hydrogen (secondary N) is 2. The number of pyridine rings is 1. The number of aromatic nitrogens is 3. The molecule has 0 saturated heterocycles. The van der Waals surface area contributed by atoms with E-state index in [9.17, 15) is 4.79 Å². The van der Waals surface area contributed by atoms with Gasteiger partial charge in [-0.2, -0.15) is 5.10 Å². The second-order valence-electron chi connectivity index (χ2n) is 9.26. The lowest BCUT2D eigenvalue weighted by Gasteiger charge is -2.25. The van der Waals surface area contributed by atoms with Crippen molar-refractivity contribution < 1.29 is 9.53 Å². The van der Waals surface area contributed by atoms with Gasteiger partial charge in [-0.15, -0.1) is 5.10 Å². The van der Waals surface area contributed by atoms with E-state index >= 15 is 0 Å². The van der Waals surface area contributed by atoms with Gasteiger partial charge in [0.2, 0.25) is 5.91 Å². The number of benzene rings is 1. The van der Waals surface area contributed by atoms with Gasteiger partial charge in [-0.1, -0.05) is 45.4 Å². The second-order valence-corrected chi connectivity index (χ2v) is 9.67. The Morgan fingerprint density at radius 2 is 1.95 bits per heavy atom. The highest BCUT2D eigenvalue weighted by atomic mass is 35.5. The van der Waals surface area contributed by atoms with Gasteiger partial charge in [0.15, 0.2) is 5.82 Å². The Kier molecular flexibility index (Phi) is 11.1. The molecule has 0 spiro atoms. The molecule has 2 aromatic heterocycles. The molecule has 1 amide bonds. The molecule has 0 radical (unpaired) electrons. The van der Waals surface area contributed by atoms with Gasteiger partial charge >= 0.3 is 0 Å². The predicted molar refractivity (Wildman–Crippen MR) is 153 cm³/mol. The van der Waals surface area contributed by atoms with Crippen LogP contribution in [-0.2, 0) is 11.4 Å². The van der Waals surface area contributed by atoms with E-state index in [0.717, 1.165) is 42.3 Å². The predicted octanol–water partition coefficient (Wildman–Crippen LogP) is 4.87. The molecule has 3 aromatic rings. The standard InChI is InChI=1S/C28H38ClN7O2/c1-6-36(7-2)15-14-31-26(37)18-35(5)24-17-32-34-28(27(24)20(3)4)33-21-11-12-25(23(29)16-21)38-19-22-10-8-9-13-30-22/h8-13,16-17,20H,6-7,14-15,18-19H2,1-5H3,(H,31,37)(H,33,34). The zero-order valence-corrected chi connectivity index (χ0v) is 23.6. The Balaban J connectivity index is 1.68. The van der Waals surface area contributed by atoms with Crippen LogP contribution in [0, 0.1) is 0 Å². The van der Waals surface area contributed by atoms with Crippen LogP contribution in [0.5, 0.6) is 5.75 Å². The molecule has 0 unspecified atom stereocenters. The van der Waals surface area contributed by atoms with Crippen LogP contribution in [0.4, 0.5) is 17.2 Å². The Labute approximate surface area is 230 Å². The van der Waals surface area contributed by atoms with E-state index in [0.29, 0.717) is 29.7 Å². The van der Waals surface area contributed by atoms with Crippen molar-refractivity contribution in [3.63, 3.8) is 0 Å². The zero-order chi connectivity index (χ0) is 27.5. The molecule has 3 rings (SSSR count). The average Bonchev–Trinajstić information content (AvgIpc) is 2.91. The van der Waals surface area contributed by atoms with Gasteiger partial charge in [-0.3, -0.25) is 9.78 Å². The van der Waals surface area contributed by atoms with Crippen LogP contribution in [0.25, 0.3) is 0 Å². The van der Waals surface area contributed by atoms with Crippen molar-refractivity contribution in [1.29, 1.82) is 0 Å². The highest BCUT2D eigenvalue weighted by molar-refractivity contribution is 6.32. The second kappa shape index (κ2) is 14.5. The molecular formula is C28H38ClN7O2. The van der Waals surface area contributed by atoms with Crippen LogP contribution in [0.3, 0.4) is 0 Å². The van der Waals surface area contributed by atoms with E-state index in [-0.39, 0.29) is 18.4 Å². The maximum absolute atomic E-state index is 12.6. The van der Waals surface area contributed by atoms with Gasteiger partial charge in [0.05, 0.1) is 29.1 Å². The number of likely N-dealkylation sites (N-methyl/N-ethyl adjacent to an activating group) is 2. The van der Waals surface area contributed by atoms with E-state index in [1.807, 2.05) is 42.3 Å². The first-order valence-corrected chi connectivity index (χ1v) is 13.3. The summed E-state index contributed by atoms with van der Waals surface area (Å²) in [6.45, 7) is 12.3. The van der Waals surface area contributed by atoms with Crippen molar-refractivity contribution in [2.24, 2.45) is 0 Å². The van der Waals surface area contributed by atoms with Crippen molar-refractivity contribution in [2.75, 3.05) is 50.0 Å². The third-order valence-electron chi connectivity index (χ3n) is 6.18. The molecule has 0 bridgehead atoms. The summed E-state index contributed by atoms with van der Waals surface area (Å²) in [5.74, 6) is 1.28. The van der Waals surface area contributed by atoms with Crippen LogP contribution in [0.15, 0.2) is 48.8 Å². The van der Waals surface area contributed by atoms with Crippen molar-refractivity contribution in [2.45, 2.75) is 40.2 Å². The van der Waals surface area contributed by atoms with Gasteiger partial charge in [0.25, 0.3) is 0 Å². The van der Waals surface area contributed by atoms with Crippen molar-refractivity contribution in [3.8, 4) is 5.75 Å². The maximum atomic E-state index is 12.6. The number of ether oxygens (including phenoxy) is 1. The van der Waals surface area contributed by atoms with Gasteiger partial charge in [0.1, 0.15) is 12.4 Å². The van der Waals surface area contributed by atoms with Gasteiger partial charge in [-0.25, -0.2) is 0 Å². The minimum Gasteiger partial charge on any atom is -0.486 e. The Bertz CT molecular complexity index is 1170. The van der Waals surface area contributed by atoms with Gasteiger partial charge < -0.3 is 25.2 Å². The van der Waals surface area contributed by atoms with E-state index < -0.39 is 0 Å². The number of halogens is 1. The lowest BCUT2D eigenvalue weighted by Crippen LogP contribution is -2.40. The highest BCUT2D eigenvalue weighted by Crippen LogP contribution is 2.35. The number of anilines is 3. The fraction of sp³-hybridized carbons (Fsp3) is 0.429. The molecule has 9 nitrogen and oxygen atoms in total. The number of carbonyl (C=O) groups is 1. The maximum Gasteiger partial charge on any atom is 0.239 e. The van der Waals surface area contributed by atoms with Crippen molar-refractivity contribution in [3.05, 3.63) is 65.1 Å². The molecule has 1 aromatic carbocycles. The molecule has 10 heteroatoms.